The molecule has 5 nitrogen and oxygen atoms in total. The van der Waals surface area contributed by atoms with Gasteiger partial charge >= 0.3 is 0 Å². The highest BCUT2D eigenvalue weighted by molar-refractivity contribution is 14.1. The molecular formula is C9H12IN3O2S. The second-order valence-electron chi connectivity index (χ2n) is 3.49. The number of aryl methyl sites for hydroxylation is 2. The van der Waals surface area contributed by atoms with E-state index in [0.29, 0.717) is 12.5 Å². The Morgan fingerprint density at radius 1 is 1.62 bits per heavy atom. The molecular weight excluding hydrogens is 341 g/mol. The molecule has 1 unspecified atom stereocenters. The summed E-state index contributed by atoms with van der Waals surface area (Å²) in [6, 6.07) is 0. The lowest BCUT2D eigenvalue weighted by Gasteiger charge is -2.21. The Hall–Kier alpha value is -0.440. The SMILES string of the molecule is Cc1nn(C)c(S)c1C1=NOCC(CI)O1. The van der Waals surface area contributed by atoms with Crippen LogP contribution in [0.4, 0.5) is 0 Å². The fraction of sp³-hybridized carbons (Fsp3) is 0.556. The van der Waals surface area contributed by atoms with E-state index in [9.17, 15) is 0 Å². The lowest BCUT2D eigenvalue weighted by Crippen LogP contribution is -2.29. The first-order chi connectivity index (χ1) is 7.63. The molecule has 0 radical (unpaired) electrons. The van der Waals surface area contributed by atoms with Crippen molar-refractivity contribution in [3.8, 4) is 0 Å². The number of rotatable bonds is 2. The van der Waals surface area contributed by atoms with Crippen LogP contribution in [-0.4, -0.2) is 32.8 Å². The molecule has 88 valence electrons. The number of ether oxygens (including phenoxy) is 1. The van der Waals surface area contributed by atoms with E-state index in [1.807, 2.05) is 14.0 Å². The number of nitrogens with zero attached hydrogens (tertiary/aromatic N) is 3. The number of hydrogen-bond acceptors (Lipinski definition) is 5. The van der Waals surface area contributed by atoms with Gasteiger partial charge in [-0.15, -0.1) is 12.6 Å². The minimum absolute atomic E-state index is 0.0421. The Kier molecular flexibility index (Phi) is 3.63. The van der Waals surface area contributed by atoms with Gasteiger partial charge in [0.25, 0.3) is 5.90 Å². The molecule has 1 aliphatic rings. The average Bonchev–Trinajstić information content (AvgIpc) is 2.53. The van der Waals surface area contributed by atoms with Gasteiger partial charge in [0.2, 0.25) is 0 Å². The smallest absolute Gasteiger partial charge is 0.262 e. The monoisotopic (exact) mass is 353 g/mol. The summed E-state index contributed by atoms with van der Waals surface area (Å²) in [5, 5.41) is 8.91. The van der Waals surface area contributed by atoms with Crippen LogP contribution in [0.1, 0.15) is 11.3 Å². The highest BCUT2D eigenvalue weighted by atomic mass is 127. The fourth-order valence-electron chi connectivity index (χ4n) is 1.47. The van der Waals surface area contributed by atoms with Crippen molar-refractivity contribution in [2.45, 2.75) is 18.1 Å². The average molecular weight is 353 g/mol. The maximum atomic E-state index is 5.71. The molecule has 0 aliphatic carbocycles. The van der Waals surface area contributed by atoms with Crippen LogP contribution in [0.2, 0.25) is 0 Å². The number of oxime groups is 1. The third-order valence-electron chi connectivity index (χ3n) is 2.26. The van der Waals surface area contributed by atoms with Gasteiger partial charge in [0, 0.05) is 11.5 Å². The fourth-order valence-corrected chi connectivity index (χ4v) is 2.21. The van der Waals surface area contributed by atoms with Gasteiger partial charge in [-0.1, -0.05) is 22.6 Å². The van der Waals surface area contributed by atoms with Crippen LogP contribution in [-0.2, 0) is 16.6 Å². The Balaban J connectivity index is 2.33. The first-order valence-electron chi connectivity index (χ1n) is 4.79. The molecule has 0 N–H and O–H groups in total. The van der Waals surface area contributed by atoms with Crippen LogP contribution < -0.4 is 0 Å². The zero-order valence-electron chi connectivity index (χ0n) is 8.97. The van der Waals surface area contributed by atoms with E-state index in [0.717, 1.165) is 20.7 Å². The lowest BCUT2D eigenvalue weighted by molar-refractivity contribution is 0.0228. The van der Waals surface area contributed by atoms with Gasteiger partial charge in [-0.3, -0.25) is 4.68 Å². The maximum Gasteiger partial charge on any atom is 0.262 e. The lowest BCUT2D eigenvalue weighted by atomic mass is 10.2. The zero-order valence-corrected chi connectivity index (χ0v) is 12.0. The van der Waals surface area contributed by atoms with Gasteiger partial charge in [0.1, 0.15) is 11.1 Å². The molecule has 0 saturated carbocycles. The van der Waals surface area contributed by atoms with Crippen LogP contribution in [0, 0.1) is 6.92 Å². The van der Waals surface area contributed by atoms with E-state index in [-0.39, 0.29) is 6.10 Å². The molecule has 0 saturated heterocycles. The summed E-state index contributed by atoms with van der Waals surface area (Å²) in [5.74, 6) is 0.475. The second kappa shape index (κ2) is 4.82. The summed E-state index contributed by atoms with van der Waals surface area (Å²) in [6.45, 7) is 2.39. The van der Waals surface area contributed by atoms with Gasteiger partial charge in [-0.2, -0.15) is 5.10 Å². The van der Waals surface area contributed by atoms with Crippen molar-refractivity contribution >= 4 is 41.1 Å². The summed E-state index contributed by atoms with van der Waals surface area (Å²) in [7, 11) is 1.83. The molecule has 0 fully saturated rings. The third kappa shape index (κ3) is 2.15. The molecule has 0 amide bonds. The Bertz CT molecular complexity index is 433. The number of hydrogen-bond donors (Lipinski definition) is 1. The molecule has 2 rings (SSSR count). The predicted octanol–water partition coefficient (Wildman–Crippen LogP) is 1.53. The summed E-state index contributed by atoms with van der Waals surface area (Å²) < 4.78 is 8.26. The molecule has 0 spiro atoms. The molecule has 1 aromatic heterocycles. The van der Waals surface area contributed by atoms with Crippen LogP contribution >= 0.6 is 35.2 Å². The largest absolute Gasteiger partial charge is 0.467 e. The molecule has 1 aromatic rings. The van der Waals surface area contributed by atoms with Crippen molar-refractivity contribution in [1.29, 1.82) is 0 Å². The summed E-state index contributed by atoms with van der Waals surface area (Å²) in [4.78, 5) is 5.15. The number of halogens is 1. The molecule has 0 aromatic carbocycles. The van der Waals surface area contributed by atoms with Crippen LogP contribution in [0.25, 0.3) is 0 Å². The van der Waals surface area contributed by atoms with Crippen LogP contribution in [0.5, 0.6) is 0 Å². The number of aromatic nitrogens is 2. The molecule has 0 bridgehead atoms. The van der Waals surface area contributed by atoms with E-state index in [1.165, 1.54) is 0 Å². The normalized spacial score (nSPS) is 20.0. The maximum absolute atomic E-state index is 5.71. The predicted molar refractivity (Wildman–Crippen MR) is 71.4 cm³/mol. The van der Waals surface area contributed by atoms with Crippen molar-refractivity contribution in [1.82, 2.24) is 9.78 Å². The zero-order chi connectivity index (χ0) is 11.7. The molecule has 2 heterocycles. The molecule has 1 aliphatic heterocycles. The Morgan fingerprint density at radius 3 is 2.94 bits per heavy atom. The third-order valence-corrected chi connectivity index (χ3v) is 3.76. The first kappa shape index (κ1) is 12.0. The van der Waals surface area contributed by atoms with Gasteiger partial charge in [0.15, 0.2) is 6.61 Å². The van der Waals surface area contributed by atoms with E-state index in [1.54, 1.807) is 4.68 Å². The van der Waals surface area contributed by atoms with Crippen LogP contribution in [0.3, 0.4) is 0 Å². The topological polar surface area (TPSA) is 48.6 Å². The van der Waals surface area contributed by atoms with E-state index in [4.69, 9.17) is 9.57 Å². The molecule has 16 heavy (non-hydrogen) atoms. The second-order valence-corrected chi connectivity index (χ2v) is 4.80. The van der Waals surface area contributed by atoms with E-state index >= 15 is 0 Å². The van der Waals surface area contributed by atoms with Crippen molar-refractivity contribution in [3.05, 3.63) is 11.3 Å². The summed E-state index contributed by atoms with van der Waals surface area (Å²) in [5.41, 5.74) is 1.64. The van der Waals surface area contributed by atoms with E-state index < -0.39 is 0 Å². The quantitative estimate of drug-likeness (QED) is 0.498. The first-order valence-corrected chi connectivity index (χ1v) is 6.76. The Morgan fingerprint density at radius 2 is 2.38 bits per heavy atom. The number of alkyl halides is 1. The standard InChI is InChI=1S/C9H12IN3O2S/c1-5-7(9(16)13(2)11-5)8-12-14-4-6(3-10)15-8/h6,16H,3-4H2,1-2H3. The molecule has 1 atom stereocenters. The van der Waals surface area contributed by atoms with Gasteiger partial charge < -0.3 is 9.57 Å². The molecule has 7 heteroatoms. The number of thiol groups is 1. The highest BCUT2D eigenvalue weighted by Crippen LogP contribution is 2.21. The Labute approximate surface area is 113 Å². The summed E-state index contributed by atoms with van der Waals surface area (Å²) in [6.07, 6.45) is 0.0421. The minimum Gasteiger partial charge on any atom is -0.467 e. The van der Waals surface area contributed by atoms with E-state index in [2.05, 4.69) is 45.5 Å². The van der Waals surface area contributed by atoms with Gasteiger partial charge in [-0.25, -0.2) is 0 Å². The van der Waals surface area contributed by atoms with Crippen LogP contribution in [0.15, 0.2) is 10.2 Å². The van der Waals surface area contributed by atoms with Crippen molar-refractivity contribution < 1.29 is 9.57 Å². The summed E-state index contributed by atoms with van der Waals surface area (Å²) >= 11 is 6.64. The van der Waals surface area contributed by atoms with Gasteiger partial charge in [-0.05, 0) is 12.1 Å². The van der Waals surface area contributed by atoms with Crippen molar-refractivity contribution in [2.75, 3.05) is 11.0 Å². The van der Waals surface area contributed by atoms with Gasteiger partial charge in [0.05, 0.1) is 11.3 Å². The highest BCUT2D eigenvalue weighted by Gasteiger charge is 2.25. The minimum atomic E-state index is 0.0421. The van der Waals surface area contributed by atoms with Crippen molar-refractivity contribution in [2.24, 2.45) is 12.2 Å². The van der Waals surface area contributed by atoms with Crippen molar-refractivity contribution in [3.63, 3.8) is 0 Å².